The van der Waals surface area contributed by atoms with Crippen molar-refractivity contribution in [2.45, 2.75) is 6.18 Å². The fourth-order valence-corrected chi connectivity index (χ4v) is 1.41. The van der Waals surface area contributed by atoms with Crippen molar-refractivity contribution < 1.29 is 23.1 Å². The molecule has 0 atom stereocenters. The first kappa shape index (κ1) is 13.1. The van der Waals surface area contributed by atoms with Gasteiger partial charge in [0, 0.05) is 17.1 Å². The molecule has 0 saturated heterocycles. The molecule has 2 heterocycles. The predicted molar refractivity (Wildman–Crippen MR) is 58.4 cm³/mol. The Bertz CT molecular complexity index is 628. The quantitative estimate of drug-likeness (QED) is 0.899. The van der Waals surface area contributed by atoms with Crippen molar-refractivity contribution in [3.63, 3.8) is 0 Å². The minimum Gasteiger partial charge on any atom is -0.545 e. The van der Waals surface area contributed by atoms with E-state index in [0.29, 0.717) is 5.39 Å². The third kappa shape index (κ3) is 3.30. The molecule has 0 spiro atoms. The summed E-state index contributed by atoms with van der Waals surface area (Å²) in [5, 5.41) is 13.1. The van der Waals surface area contributed by atoms with Gasteiger partial charge < -0.3 is 15.2 Å². The molecule has 2 aromatic rings. The Morgan fingerprint density at radius 1 is 1.37 bits per heavy atom. The summed E-state index contributed by atoms with van der Waals surface area (Å²) in [5.74, 6) is -1.37. The second-order valence-electron chi connectivity index (χ2n) is 3.72. The number of rotatable bonds is 3. The van der Waals surface area contributed by atoms with Crippen molar-refractivity contribution in [2.24, 2.45) is 0 Å². The fourth-order valence-electron chi connectivity index (χ4n) is 1.41. The van der Waals surface area contributed by atoms with E-state index in [2.05, 4.69) is 15.3 Å². The molecule has 8 heteroatoms. The van der Waals surface area contributed by atoms with Crippen LogP contribution in [0.3, 0.4) is 0 Å². The molecular formula is C11H7F3N3O2-. The van der Waals surface area contributed by atoms with Gasteiger partial charge in [0.25, 0.3) is 0 Å². The number of aromatic carboxylic acids is 1. The summed E-state index contributed by atoms with van der Waals surface area (Å²) >= 11 is 0. The Kier molecular flexibility index (Phi) is 3.24. The maximum Gasteiger partial charge on any atom is 0.405 e. The average Bonchev–Trinajstić information content (AvgIpc) is 2.34. The molecule has 0 aliphatic carbocycles. The van der Waals surface area contributed by atoms with E-state index in [9.17, 15) is 23.1 Å². The second-order valence-corrected chi connectivity index (χ2v) is 3.72. The number of anilines is 1. The number of nitrogens with one attached hydrogen (secondary N) is 1. The number of carboxylic acid groups (broad SMARTS) is 1. The zero-order chi connectivity index (χ0) is 14.0. The van der Waals surface area contributed by atoms with Crippen molar-refractivity contribution in [1.82, 2.24) is 9.97 Å². The molecule has 0 fully saturated rings. The van der Waals surface area contributed by atoms with Gasteiger partial charge in [0.05, 0.1) is 5.97 Å². The molecule has 0 amide bonds. The number of pyridine rings is 2. The Morgan fingerprint density at radius 2 is 2.11 bits per heavy atom. The highest BCUT2D eigenvalue weighted by Gasteiger charge is 2.26. The Labute approximate surface area is 105 Å². The molecule has 0 aliphatic rings. The predicted octanol–water partition coefficient (Wildman–Crippen LogP) is 0.967. The molecule has 1 N–H and O–H groups in total. The van der Waals surface area contributed by atoms with E-state index in [1.54, 1.807) is 0 Å². The zero-order valence-electron chi connectivity index (χ0n) is 9.36. The molecule has 0 aromatic carbocycles. The Morgan fingerprint density at radius 3 is 2.74 bits per heavy atom. The van der Waals surface area contributed by atoms with Crippen LogP contribution < -0.4 is 10.4 Å². The van der Waals surface area contributed by atoms with Gasteiger partial charge in [0.15, 0.2) is 5.65 Å². The van der Waals surface area contributed by atoms with Crippen LogP contribution in [0, 0.1) is 0 Å². The molecule has 100 valence electrons. The Balaban J connectivity index is 2.26. The lowest BCUT2D eigenvalue weighted by atomic mass is 10.2. The number of halogens is 3. The van der Waals surface area contributed by atoms with Crippen molar-refractivity contribution in [3.8, 4) is 0 Å². The molecule has 0 unspecified atom stereocenters. The van der Waals surface area contributed by atoms with Gasteiger partial charge in [0.1, 0.15) is 12.4 Å². The summed E-state index contributed by atoms with van der Waals surface area (Å²) in [6.45, 7) is -1.21. The third-order valence-corrected chi connectivity index (χ3v) is 2.25. The summed E-state index contributed by atoms with van der Waals surface area (Å²) in [6, 6.07) is 4.04. The van der Waals surface area contributed by atoms with Crippen LogP contribution >= 0.6 is 0 Å². The van der Waals surface area contributed by atoms with Crippen LogP contribution in [0.15, 0.2) is 24.4 Å². The molecule has 0 saturated carbocycles. The summed E-state index contributed by atoms with van der Waals surface area (Å²) < 4.78 is 36.1. The molecule has 0 aliphatic heterocycles. The standard InChI is InChI=1S/C11H8F3N3O2/c12-11(13,14)5-16-8-2-1-6-3-7(10(18)19)4-15-9(6)17-8/h1-4H,5H2,(H,18,19)(H,15,16,17)/p-1. The minimum atomic E-state index is -4.34. The number of hydrogen-bond donors (Lipinski definition) is 1. The van der Waals surface area contributed by atoms with Gasteiger partial charge in [-0.3, -0.25) is 0 Å². The van der Waals surface area contributed by atoms with Crippen LogP contribution in [0.2, 0.25) is 0 Å². The van der Waals surface area contributed by atoms with E-state index in [0.717, 1.165) is 6.20 Å². The summed E-state index contributed by atoms with van der Waals surface area (Å²) in [5.41, 5.74) is 0.0301. The highest BCUT2D eigenvalue weighted by atomic mass is 19.4. The number of nitrogens with zero attached hydrogens (tertiary/aromatic N) is 2. The van der Waals surface area contributed by atoms with Gasteiger partial charge in [0.2, 0.25) is 0 Å². The fraction of sp³-hybridized carbons (Fsp3) is 0.182. The normalized spacial score (nSPS) is 11.5. The van der Waals surface area contributed by atoms with E-state index in [1.807, 2.05) is 0 Å². The molecular weight excluding hydrogens is 263 g/mol. The van der Waals surface area contributed by atoms with Crippen LogP contribution in [-0.2, 0) is 0 Å². The number of aromatic nitrogens is 2. The first-order valence-electron chi connectivity index (χ1n) is 5.14. The lowest BCUT2D eigenvalue weighted by molar-refractivity contribution is -0.255. The van der Waals surface area contributed by atoms with Crippen LogP contribution in [0.1, 0.15) is 10.4 Å². The SMILES string of the molecule is O=C([O-])c1cnc2nc(NCC(F)(F)F)ccc2c1. The van der Waals surface area contributed by atoms with Gasteiger partial charge in [-0.15, -0.1) is 0 Å². The van der Waals surface area contributed by atoms with Crippen LogP contribution in [-0.4, -0.2) is 28.7 Å². The first-order valence-corrected chi connectivity index (χ1v) is 5.14. The minimum absolute atomic E-state index is 0.0125. The van der Waals surface area contributed by atoms with Gasteiger partial charge in [-0.05, 0) is 18.2 Å². The summed E-state index contributed by atoms with van der Waals surface area (Å²) in [7, 11) is 0. The number of alkyl halides is 3. The Hall–Kier alpha value is -2.38. The highest BCUT2D eigenvalue weighted by Crippen LogP contribution is 2.18. The van der Waals surface area contributed by atoms with Gasteiger partial charge in [-0.2, -0.15) is 13.2 Å². The van der Waals surface area contributed by atoms with E-state index < -0.39 is 18.7 Å². The van der Waals surface area contributed by atoms with Crippen molar-refractivity contribution >= 4 is 22.8 Å². The monoisotopic (exact) mass is 270 g/mol. The zero-order valence-corrected chi connectivity index (χ0v) is 9.36. The summed E-state index contributed by atoms with van der Waals surface area (Å²) in [4.78, 5) is 18.2. The van der Waals surface area contributed by atoms with Crippen LogP contribution in [0.5, 0.6) is 0 Å². The number of carbonyl (C=O) groups is 1. The largest absolute Gasteiger partial charge is 0.545 e. The third-order valence-electron chi connectivity index (χ3n) is 2.25. The van der Waals surface area contributed by atoms with Gasteiger partial charge in [-0.1, -0.05) is 0 Å². The van der Waals surface area contributed by atoms with Gasteiger partial charge >= 0.3 is 6.18 Å². The number of fused-ring (bicyclic) bond motifs is 1. The molecule has 2 aromatic heterocycles. The summed E-state index contributed by atoms with van der Waals surface area (Å²) in [6.07, 6.45) is -3.30. The highest BCUT2D eigenvalue weighted by molar-refractivity contribution is 5.90. The molecule has 5 nitrogen and oxygen atoms in total. The van der Waals surface area contributed by atoms with Crippen molar-refractivity contribution in [1.29, 1.82) is 0 Å². The molecule has 19 heavy (non-hydrogen) atoms. The number of hydrogen-bond acceptors (Lipinski definition) is 5. The maximum absolute atomic E-state index is 12.0. The average molecular weight is 270 g/mol. The first-order chi connectivity index (χ1) is 8.85. The molecule has 0 radical (unpaired) electrons. The lowest BCUT2D eigenvalue weighted by Crippen LogP contribution is -2.22. The van der Waals surface area contributed by atoms with Gasteiger partial charge in [-0.25, -0.2) is 9.97 Å². The second kappa shape index (κ2) is 4.71. The maximum atomic E-state index is 12.0. The van der Waals surface area contributed by atoms with E-state index >= 15 is 0 Å². The molecule has 0 bridgehead atoms. The number of carboxylic acids is 1. The lowest BCUT2D eigenvalue weighted by Gasteiger charge is -2.09. The van der Waals surface area contributed by atoms with E-state index in [4.69, 9.17) is 0 Å². The van der Waals surface area contributed by atoms with Crippen molar-refractivity contribution in [3.05, 3.63) is 30.0 Å². The van der Waals surface area contributed by atoms with Crippen LogP contribution in [0.25, 0.3) is 11.0 Å². The smallest absolute Gasteiger partial charge is 0.405 e. The van der Waals surface area contributed by atoms with E-state index in [-0.39, 0.29) is 17.0 Å². The van der Waals surface area contributed by atoms with Crippen molar-refractivity contribution in [2.75, 3.05) is 11.9 Å². The molecule has 2 rings (SSSR count). The number of carbonyl (C=O) groups excluding carboxylic acids is 1. The van der Waals surface area contributed by atoms with Crippen LogP contribution in [0.4, 0.5) is 19.0 Å². The van der Waals surface area contributed by atoms with E-state index in [1.165, 1.54) is 18.2 Å². The topological polar surface area (TPSA) is 77.9 Å².